The first-order valence-electron chi connectivity index (χ1n) is 5.11. The van der Waals surface area contributed by atoms with Crippen LogP contribution in [-0.2, 0) is 0 Å². The van der Waals surface area contributed by atoms with Crippen LogP contribution in [0.2, 0.25) is 0 Å². The number of pyridine rings is 1. The van der Waals surface area contributed by atoms with Crippen LogP contribution in [0, 0.1) is 0 Å². The Labute approximate surface area is 98.7 Å². The molecule has 2 aromatic rings. The van der Waals surface area contributed by atoms with Crippen molar-refractivity contribution >= 4 is 17.7 Å². The number of amides is 1. The second-order valence-corrected chi connectivity index (χ2v) is 3.69. The van der Waals surface area contributed by atoms with Gasteiger partial charge in [0.25, 0.3) is 5.91 Å². The highest BCUT2D eigenvalue weighted by Gasteiger charge is 2.08. The van der Waals surface area contributed by atoms with Gasteiger partial charge in [-0.15, -0.1) is 0 Å². The molecule has 1 amide bonds. The molecule has 0 atom stereocenters. The second-order valence-electron chi connectivity index (χ2n) is 3.69. The number of nitrogens with zero attached hydrogens (tertiary/aromatic N) is 3. The van der Waals surface area contributed by atoms with E-state index < -0.39 is 0 Å². The number of anilines is 2. The van der Waals surface area contributed by atoms with E-state index in [0.29, 0.717) is 11.5 Å². The molecule has 0 saturated carbocycles. The normalized spacial score (nSPS) is 10.0. The van der Waals surface area contributed by atoms with E-state index in [4.69, 9.17) is 0 Å². The van der Waals surface area contributed by atoms with Crippen molar-refractivity contribution in [3.8, 4) is 0 Å². The van der Waals surface area contributed by atoms with E-state index in [1.54, 1.807) is 24.5 Å². The van der Waals surface area contributed by atoms with Crippen molar-refractivity contribution in [2.75, 3.05) is 24.3 Å². The maximum atomic E-state index is 11.8. The third-order valence-corrected chi connectivity index (χ3v) is 2.20. The minimum atomic E-state index is -0.238. The number of aromatic amines is 1. The lowest BCUT2D eigenvalue weighted by Gasteiger charge is -2.10. The lowest BCUT2D eigenvalue weighted by Crippen LogP contribution is -2.15. The Kier molecular flexibility index (Phi) is 3.04. The molecule has 2 rings (SSSR count). The monoisotopic (exact) mass is 231 g/mol. The van der Waals surface area contributed by atoms with Crippen molar-refractivity contribution in [1.82, 2.24) is 15.0 Å². The zero-order valence-corrected chi connectivity index (χ0v) is 9.64. The lowest BCUT2D eigenvalue weighted by atomic mass is 10.2. The third kappa shape index (κ3) is 2.60. The number of hydrogen-bond acceptors (Lipinski definition) is 4. The summed E-state index contributed by atoms with van der Waals surface area (Å²) in [6.07, 6.45) is 4.75. The van der Waals surface area contributed by atoms with Gasteiger partial charge in [0, 0.05) is 32.7 Å². The highest BCUT2D eigenvalue weighted by Crippen LogP contribution is 2.09. The molecule has 17 heavy (non-hydrogen) atoms. The Morgan fingerprint density at radius 1 is 1.35 bits per heavy atom. The van der Waals surface area contributed by atoms with Gasteiger partial charge in [0.15, 0.2) is 0 Å². The minimum absolute atomic E-state index is 0.238. The summed E-state index contributed by atoms with van der Waals surface area (Å²) in [6.45, 7) is 0. The summed E-state index contributed by atoms with van der Waals surface area (Å²) in [4.78, 5) is 24.5. The van der Waals surface area contributed by atoms with Crippen LogP contribution >= 0.6 is 0 Å². The maximum Gasteiger partial charge on any atom is 0.259 e. The zero-order valence-electron chi connectivity index (χ0n) is 9.64. The van der Waals surface area contributed by atoms with Crippen molar-refractivity contribution in [1.29, 1.82) is 0 Å². The minimum Gasteiger partial charge on any atom is -0.363 e. The van der Waals surface area contributed by atoms with Crippen LogP contribution in [0.3, 0.4) is 0 Å². The molecule has 2 aromatic heterocycles. The van der Waals surface area contributed by atoms with E-state index in [2.05, 4.69) is 20.3 Å². The Bertz CT molecular complexity index is 489. The molecule has 6 heteroatoms. The first kappa shape index (κ1) is 11.1. The Morgan fingerprint density at radius 2 is 2.18 bits per heavy atom. The summed E-state index contributed by atoms with van der Waals surface area (Å²) in [6, 6.07) is 3.51. The number of H-pyrrole nitrogens is 1. The number of rotatable bonds is 3. The van der Waals surface area contributed by atoms with Crippen molar-refractivity contribution in [3.63, 3.8) is 0 Å². The fourth-order valence-electron chi connectivity index (χ4n) is 1.30. The van der Waals surface area contributed by atoms with E-state index in [0.717, 1.165) is 5.82 Å². The summed E-state index contributed by atoms with van der Waals surface area (Å²) in [5, 5.41) is 2.63. The van der Waals surface area contributed by atoms with E-state index in [1.165, 1.54) is 6.20 Å². The predicted molar refractivity (Wildman–Crippen MR) is 65.1 cm³/mol. The maximum absolute atomic E-state index is 11.8. The quantitative estimate of drug-likeness (QED) is 0.830. The average Bonchev–Trinajstić information content (AvgIpc) is 2.82. The van der Waals surface area contributed by atoms with Crippen molar-refractivity contribution < 1.29 is 4.79 Å². The zero-order chi connectivity index (χ0) is 12.3. The summed E-state index contributed by atoms with van der Waals surface area (Å²) in [5.74, 6) is 0.990. The molecule has 0 aliphatic carbocycles. The third-order valence-electron chi connectivity index (χ3n) is 2.20. The summed E-state index contributed by atoms with van der Waals surface area (Å²) >= 11 is 0. The van der Waals surface area contributed by atoms with Crippen LogP contribution in [0.1, 0.15) is 10.4 Å². The molecule has 6 nitrogen and oxygen atoms in total. The van der Waals surface area contributed by atoms with Crippen molar-refractivity contribution in [2.45, 2.75) is 0 Å². The molecule has 0 unspecified atom stereocenters. The smallest absolute Gasteiger partial charge is 0.259 e. The number of hydrogen-bond donors (Lipinski definition) is 2. The van der Waals surface area contributed by atoms with Gasteiger partial charge >= 0.3 is 0 Å². The summed E-state index contributed by atoms with van der Waals surface area (Å²) in [7, 11) is 3.79. The fraction of sp³-hybridized carbons (Fsp3) is 0.182. The van der Waals surface area contributed by atoms with E-state index in [-0.39, 0.29) is 5.91 Å². The number of nitrogens with one attached hydrogen (secondary N) is 2. The standard InChI is InChI=1S/C11H13N5O/c1-16(2)9-4-3-8(7-14-9)10(17)15-11-12-5-6-13-11/h3-7H,1-2H3,(H2,12,13,15,17). The molecule has 0 fully saturated rings. The van der Waals surface area contributed by atoms with Gasteiger partial charge in [-0.1, -0.05) is 0 Å². The predicted octanol–water partition coefficient (Wildman–Crippen LogP) is 1.12. The van der Waals surface area contributed by atoms with E-state index in [9.17, 15) is 4.79 Å². The van der Waals surface area contributed by atoms with Crippen LogP contribution in [-0.4, -0.2) is 35.0 Å². The van der Waals surface area contributed by atoms with Gasteiger partial charge in [-0.2, -0.15) is 0 Å². The van der Waals surface area contributed by atoms with E-state index in [1.807, 2.05) is 19.0 Å². The number of carbonyl (C=O) groups excluding carboxylic acids is 1. The molecule has 0 saturated heterocycles. The second kappa shape index (κ2) is 4.65. The van der Waals surface area contributed by atoms with E-state index >= 15 is 0 Å². The largest absolute Gasteiger partial charge is 0.363 e. The first-order chi connectivity index (χ1) is 8.16. The first-order valence-corrected chi connectivity index (χ1v) is 5.11. The average molecular weight is 231 g/mol. The van der Waals surface area contributed by atoms with Crippen LogP contribution in [0.15, 0.2) is 30.7 Å². The highest BCUT2D eigenvalue weighted by molar-refractivity contribution is 6.03. The number of imidazole rings is 1. The SMILES string of the molecule is CN(C)c1ccc(C(=O)Nc2ncc[nH]2)cn1. The Hall–Kier alpha value is -2.37. The molecule has 0 radical (unpaired) electrons. The van der Waals surface area contributed by atoms with Crippen LogP contribution in [0.4, 0.5) is 11.8 Å². The van der Waals surface area contributed by atoms with Gasteiger partial charge in [-0.25, -0.2) is 9.97 Å². The molecule has 88 valence electrons. The molecular weight excluding hydrogens is 218 g/mol. The van der Waals surface area contributed by atoms with Crippen molar-refractivity contribution in [3.05, 3.63) is 36.3 Å². The molecule has 0 spiro atoms. The highest BCUT2D eigenvalue weighted by atomic mass is 16.1. The van der Waals surface area contributed by atoms with Gasteiger partial charge in [-0.05, 0) is 12.1 Å². The van der Waals surface area contributed by atoms with Gasteiger partial charge in [0.1, 0.15) is 5.82 Å². The Balaban J connectivity index is 2.09. The summed E-state index contributed by atoms with van der Waals surface area (Å²) in [5.41, 5.74) is 0.493. The molecule has 2 heterocycles. The van der Waals surface area contributed by atoms with Gasteiger partial charge < -0.3 is 9.88 Å². The number of carbonyl (C=O) groups is 1. The van der Waals surface area contributed by atoms with Crippen LogP contribution < -0.4 is 10.2 Å². The Morgan fingerprint density at radius 3 is 2.71 bits per heavy atom. The van der Waals surface area contributed by atoms with Crippen molar-refractivity contribution in [2.24, 2.45) is 0 Å². The van der Waals surface area contributed by atoms with Gasteiger partial charge in [0.05, 0.1) is 5.56 Å². The topological polar surface area (TPSA) is 73.9 Å². The van der Waals surface area contributed by atoms with Crippen LogP contribution in [0.5, 0.6) is 0 Å². The molecule has 0 bridgehead atoms. The van der Waals surface area contributed by atoms with Gasteiger partial charge in [0.2, 0.25) is 5.95 Å². The summed E-state index contributed by atoms with van der Waals surface area (Å²) < 4.78 is 0. The fourth-order valence-corrected chi connectivity index (χ4v) is 1.30. The number of aromatic nitrogens is 3. The molecule has 0 aromatic carbocycles. The lowest BCUT2D eigenvalue weighted by molar-refractivity contribution is 0.102. The molecular formula is C11H13N5O. The van der Waals surface area contributed by atoms with Crippen LogP contribution in [0.25, 0.3) is 0 Å². The molecule has 2 N–H and O–H groups in total. The molecule has 0 aliphatic heterocycles. The molecule has 0 aliphatic rings. The van der Waals surface area contributed by atoms with Gasteiger partial charge in [-0.3, -0.25) is 10.1 Å².